The molecule has 0 unspecified atom stereocenters. The minimum absolute atomic E-state index is 0.0708. The topological polar surface area (TPSA) is 68.5 Å². The molecule has 0 bridgehead atoms. The van der Waals surface area contributed by atoms with E-state index in [0.717, 1.165) is 12.2 Å². The maximum Gasteiger partial charge on any atom is 0.451 e. The molecular formula is C15H13F3N6. The van der Waals surface area contributed by atoms with E-state index >= 15 is 0 Å². The first-order chi connectivity index (χ1) is 11.5. The first kappa shape index (κ1) is 14.9. The van der Waals surface area contributed by atoms with Crippen molar-refractivity contribution in [3.63, 3.8) is 0 Å². The molecule has 124 valence electrons. The highest BCUT2D eigenvalue weighted by Crippen LogP contribution is 2.31. The summed E-state index contributed by atoms with van der Waals surface area (Å²) in [4.78, 5) is 11.5. The fraction of sp³-hybridized carbons (Fsp3) is 0.333. The summed E-state index contributed by atoms with van der Waals surface area (Å²) in [5.74, 6) is -0.0565. The lowest BCUT2D eigenvalue weighted by Gasteiger charge is -2.24. The van der Waals surface area contributed by atoms with Crippen LogP contribution in [0.1, 0.15) is 18.1 Å². The van der Waals surface area contributed by atoms with Gasteiger partial charge in [0.25, 0.3) is 0 Å². The van der Waals surface area contributed by atoms with Gasteiger partial charge in [0, 0.05) is 17.8 Å². The Labute approximate surface area is 134 Å². The van der Waals surface area contributed by atoms with Crippen LogP contribution in [0.3, 0.4) is 0 Å². The highest BCUT2D eigenvalue weighted by atomic mass is 19.4. The molecule has 9 heteroatoms. The molecule has 1 aromatic carbocycles. The molecule has 3 heterocycles. The van der Waals surface area contributed by atoms with Gasteiger partial charge >= 0.3 is 6.18 Å². The number of hydrogen-bond donors (Lipinski definition) is 1. The van der Waals surface area contributed by atoms with Gasteiger partial charge in [-0.3, -0.25) is 0 Å². The molecule has 0 radical (unpaired) electrons. The molecule has 0 spiro atoms. The molecule has 4 rings (SSSR count). The zero-order valence-electron chi connectivity index (χ0n) is 12.5. The van der Waals surface area contributed by atoms with Gasteiger partial charge in [0.1, 0.15) is 18.0 Å². The van der Waals surface area contributed by atoms with E-state index in [1.165, 1.54) is 6.33 Å². The standard InChI is InChI=1S/C15H13F3N6/c16-15(17,18)14-22-11-4-2-1-3-10(11)13(23-14)21-9-5-6-12-19-8-20-24(12)7-9/h1-4,8-9H,5-7H2,(H,21,22,23)/t9-/m0/s1. The Hall–Kier alpha value is -2.71. The van der Waals surface area contributed by atoms with Gasteiger partial charge in [0.05, 0.1) is 12.1 Å². The van der Waals surface area contributed by atoms with Crippen LogP contribution in [0.2, 0.25) is 0 Å². The molecule has 0 saturated heterocycles. The second-order valence-electron chi connectivity index (χ2n) is 5.65. The average Bonchev–Trinajstić information content (AvgIpc) is 3.01. The summed E-state index contributed by atoms with van der Waals surface area (Å²) in [5.41, 5.74) is 0.263. The third kappa shape index (κ3) is 2.66. The summed E-state index contributed by atoms with van der Waals surface area (Å²) in [6.07, 6.45) is -1.64. The van der Waals surface area contributed by atoms with E-state index in [1.54, 1.807) is 28.9 Å². The summed E-state index contributed by atoms with van der Waals surface area (Å²) < 4.78 is 40.9. The van der Waals surface area contributed by atoms with Crippen molar-refractivity contribution < 1.29 is 13.2 Å². The van der Waals surface area contributed by atoms with Gasteiger partial charge in [-0.1, -0.05) is 12.1 Å². The quantitative estimate of drug-likeness (QED) is 0.780. The number of alkyl halides is 3. The van der Waals surface area contributed by atoms with Crippen LogP contribution in [0.15, 0.2) is 30.6 Å². The number of aromatic nitrogens is 5. The molecule has 24 heavy (non-hydrogen) atoms. The first-order valence-corrected chi connectivity index (χ1v) is 7.48. The van der Waals surface area contributed by atoms with E-state index < -0.39 is 12.0 Å². The molecule has 0 amide bonds. The fourth-order valence-electron chi connectivity index (χ4n) is 2.86. The van der Waals surface area contributed by atoms with Crippen LogP contribution in [0.5, 0.6) is 0 Å². The largest absolute Gasteiger partial charge is 0.451 e. The minimum Gasteiger partial charge on any atom is -0.365 e. The van der Waals surface area contributed by atoms with E-state index in [0.29, 0.717) is 18.4 Å². The van der Waals surface area contributed by atoms with Gasteiger partial charge in [-0.15, -0.1) is 0 Å². The number of hydrogen-bond acceptors (Lipinski definition) is 5. The van der Waals surface area contributed by atoms with Gasteiger partial charge in [-0.05, 0) is 18.6 Å². The van der Waals surface area contributed by atoms with Crippen LogP contribution in [0.25, 0.3) is 10.9 Å². The summed E-state index contributed by atoms with van der Waals surface area (Å²) in [5, 5.41) is 7.81. The number of rotatable bonds is 2. The van der Waals surface area contributed by atoms with E-state index in [2.05, 4.69) is 25.4 Å². The molecule has 0 fully saturated rings. The van der Waals surface area contributed by atoms with Crippen molar-refractivity contribution in [1.29, 1.82) is 0 Å². The molecule has 1 aliphatic rings. The predicted molar refractivity (Wildman–Crippen MR) is 80.3 cm³/mol. The summed E-state index contributed by atoms with van der Waals surface area (Å²) in [6.45, 7) is 0.537. The Bertz CT molecular complexity index is 888. The third-order valence-corrected chi connectivity index (χ3v) is 4.00. The van der Waals surface area contributed by atoms with Gasteiger partial charge in [0.15, 0.2) is 0 Å². The normalized spacial score (nSPS) is 17.7. The molecule has 1 N–H and O–H groups in total. The second kappa shape index (κ2) is 5.43. The molecule has 6 nitrogen and oxygen atoms in total. The average molecular weight is 334 g/mol. The van der Waals surface area contributed by atoms with Crippen molar-refractivity contribution in [2.24, 2.45) is 0 Å². The van der Waals surface area contributed by atoms with Crippen LogP contribution < -0.4 is 5.32 Å². The number of nitrogens with zero attached hydrogens (tertiary/aromatic N) is 5. The Morgan fingerprint density at radius 1 is 1.17 bits per heavy atom. The molecule has 2 aromatic heterocycles. The molecule has 1 aliphatic heterocycles. The number of aryl methyl sites for hydroxylation is 1. The highest BCUT2D eigenvalue weighted by molar-refractivity contribution is 5.89. The van der Waals surface area contributed by atoms with E-state index in [1.807, 2.05) is 0 Å². The molecule has 3 aromatic rings. The molecule has 0 saturated carbocycles. The lowest BCUT2D eigenvalue weighted by molar-refractivity contribution is -0.144. The Morgan fingerprint density at radius 3 is 2.83 bits per heavy atom. The predicted octanol–water partition coefficient (Wildman–Crippen LogP) is 2.67. The maximum atomic E-state index is 13.1. The lowest BCUT2D eigenvalue weighted by Crippen LogP contribution is -2.32. The first-order valence-electron chi connectivity index (χ1n) is 7.48. The lowest BCUT2D eigenvalue weighted by atomic mass is 10.1. The zero-order chi connectivity index (χ0) is 16.7. The fourth-order valence-corrected chi connectivity index (χ4v) is 2.86. The van der Waals surface area contributed by atoms with Crippen molar-refractivity contribution in [2.75, 3.05) is 5.32 Å². The van der Waals surface area contributed by atoms with E-state index in [4.69, 9.17) is 0 Å². The third-order valence-electron chi connectivity index (χ3n) is 4.00. The summed E-state index contributed by atoms with van der Waals surface area (Å²) >= 11 is 0. The monoisotopic (exact) mass is 334 g/mol. The van der Waals surface area contributed by atoms with Crippen LogP contribution in [0, 0.1) is 0 Å². The Morgan fingerprint density at radius 2 is 2.00 bits per heavy atom. The number of benzene rings is 1. The molecule has 1 atom stereocenters. The second-order valence-corrected chi connectivity index (χ2v) is 5.65. The number of anilines is 1. The molecule has 0 aliphatic carbocycles. The van der Waals surface area contributed by atoms with Crippen molar-refractivity contribution >= 4 is 16.7 Å². The number of nitrogens with one attached hydrogen (secondary N) is 1. The number of halogens is 3. The Kier molecular flexibility index (Phi) is 3.36. The van der Waals surface area contributed by atoms with Crippen molar-refractivity contribution in [1.82, 2.24) is 24.7 Å². The van der Waals surface area contributed by atoms with Gasteiger partial charge in [0.2, 0.25) is 5.82 Å². The van der Waals surface area contributed by atoms with Gasteiger partial charge in [-0.2, -0.15) is 18.3 Å². The zero-order valence-corrected chi connectivity index (χ0v) is 12.5. The highest BCUT2D eigenvalue weighted by Gasteiger charge is 2.35. The van der Waals surface area contributed by atoms with Crippen molar-refractivity contribution in [3.05, 3.63) is 42.2 Å². The van der Waals surface area contributed by atoms with E-state index in [9.17, 15) is 13.2 Å². The summed E-state index contributed by atoms with van der Waals surface area (Å²) in [6, 6.07) is 6.59. The van der Waals surface area contributed by atoms with Crippen LogP contribution >= 0.6 is 0 Å². The van der Waals surface area contributed by atoms with Gasteiger partial charge in [-0.25, -0.2) is 19.6 Å². The number of fused-ring (bicyclic) bond motifs is 2. The van der Waals surface area contributed by atoms with Crippen molar-refractivity contribution in [3.8, 4) is 0 Å². The SMILES string of the molecule is FC(F)(F)c1nc(N[C@H]2CCc3ncnn3C2)c2ccccc2n1. The minimum atomic E-state index is -4.59. The Balaban J connectivity index is 1.71. The van der Waals surface area contributed by atoms with E-state index in [-0.39, 0.29) is 17.4 Å². The molecular weight excluding hydrogens is 321 g/mol. The van der Waals surface area contributed by atoms with Crippen molar-refractivity contribution in [2.45, 2.75) is 31.6 Å². The van der Waals surface area contributed by atoms with Gasteiger partial charge < -0.3 is 5.32 Å². The number of para-hydroxylation sites is 1. The summed E-state index contributed by atoms with van der Waals surface area (Å²) in [7, 11) is 0. The van der Waals surface area contributed by atoms with Crippen LogP contribution in [-0.4, -0.2) is 30.8 Å². The van der Waals surface area contributed by atoms with Crippen LogP contribution in [-0.2, 0) is 19.1 Å². The maximum absolute atomic E-state index is 13.1. The van der Waals surface area contributed by atoms with Crippen LogP contribution in [0.4, 0.5) is 19.0 Å². The smallest absolute Gasteiger partial charge is 0.365 e.